The average Bonchev–Trinajstić information content (AvgIpc) is 3.54. The van der Waals surface area contributed by atoms with Crippen molar-refractivity contribution in [2.45, 2.75) is 18.9 Å². The van der Waals surface area contributed by atoms with Gasteiger partial charge < -0.3 is 18.8 Å². The van der Waals surface area contributed by atoms with E-state index in [1.54, 1.807) is 44.6 Å². The Labute approximate surface area is 172 Å². The Kier molecular flexibility index (Phi) is 5.38. The molecule has 0 aliphatic carbocycles. The third-order valence-corrected chi connectivity index (χ3v) is 4.93. The number of aromatic nitrogens is 3. The molecule has 4 rings (SSSR count). The van der Waals surface area contributed by atoms with Gasteiger partial charge in [0.15, 0.2) is 11.6 Å². The number of rotatable bonds is 6. The van der Waals surface area contributed by atoms with Crippen LogP contribution in [0.1, 0.15) is 23.4 Å². The summed E-state index contributed by atoms with van der Waals surface area (Å²) >= 11 is 0. The van der Waals surface area contributed by atoms with E-state index in [-0.39, 0.29) is 23.5 Å². The average molecular weight is 411 g/mol. The van der Waals surface area contributed by atoms with E-state index in [1.165, 1.54) is 11.2 Å². The monoisotopic (exact) mass is 411 g/mol. The molecule has 1 aliphatic rings. The van der Waals surface area contributed by atoms with E-state index in [0.717, 1.165) is 6.42 Å². The molecule has 0 spiro atoms. The topological polar surface area (TPSA) is 123 Å². The van der Waals surface area contributed by atoms with Crippen molar-refractivity contribution in [3.8, 4) is 22.9 Å². The van der Waals surface area contributed by atoms with Crippen LogP contribution in [0.15, 0.2) is 41.0 Å². The molecular weight excluding hydrogens is 390 g/mol. The van der Waals surface area contributed by atoms with Crippen LogP contribution in [0.3, 0.4) is 0 Å². The number of hydrogen-bond acceptors (Lipinski definition) is 7. The number of methoxy groups -OCH3 is 2. The summed E-state index contributed by atoms with van der Waals surface area (Å²) < 4.78 is 15.7. The van der Waals surface area contributed by atoms with Crippen LogP contribution in [-0.2, 0) is 4.79 Å². The highest BCUT2D eigenvalue weighted by Crippen LogP contribution is 2.31. The third kappa shape index (κ3) is 3.71. The number of nitrogens with zero attached hydrogens (tertiary/aromatic N) is 3. The van der Waals surface area contributed by atoms with Crippen molar-refractivity contribution < 1.29 is 23.5 Å². The van der Waals surface area contributed by atoms with Gasteiger partial charge in [0, 0.05) is 12.6 Å². The number of anilines is 1. The summed E-state index contributed by atoms with van der Waals surface area (Å²) in [6, 6.07) is 7.90. The minimum Gasteiger partial charge on any atom is -0.497 e. The van der Waals surface area contributed by atoms with E-state index in [0.29, 0.717) is 35.9 Å². The highest BCUT2D eigenvalue weighted by atomic mass is 16.5. The molecule has 30 heavy (non-hydrogen) atoms. The lowest BCUT2D eigenvalue weighted by atomic mass is 10.2. The van der Waals surface area contributed by atoms with Gasteiger partial charge in [-0.2, -0.15) is 4.98 Å². The summed E-state index contributed by atoms with van der Waals surface area (Å²) in [6.45, 7) is 0.486. The van der Waals surface area contributed by atoms with E-state index >= 15 is 0 Å². The van der Waals surface area contributed by atoms with Crippen LogP contribution in [-0.4, -0.2) is 58.7 Å². The van der Waals surface area contributed by atoms with Crippen LogP contribution in [0.4, 0.5) is 5.95 Å². The van der Waals surface area contributed by atoms with Gasteiger partial charge in [0.25, 0.3) is 5.91 Å². The molecule has 156 valence electrons. The quantitative estimate of drug-likeness (QED) is 0.638. The van der Waals surface area contributed by atoms with Crippen molar-refractivity contribution in [1.82, 2.24) is 20.1 Å². The number of hydrogen-bond donors (Lipinski definition) is 2. The Morgan fingerprint density at radius 1 is 1.27 bits per heavy atom. The Hall–Kier alpha value is -3.82. The van der Waals surface area contributed by atoms with Gasteiger partial charge in [-0.15, -0.1) is 5.10 Å². The van der Waals surface area contributed by atoms with E-state index in [4.69, 9.17) is 13.9 Å². The summed E-state index contributed by atoms with van der Waals surface area (Å²) in [7, 11) is 3.11. The van der Waals surface area contributed by atoms with Gasteiger partial charge in [0.2, 0.25) is 11.9 Å². The normalized spacial score (nSPS) is 15.8. The molecule has 0 radical (unpaired) electrons. The van der Waals surface area contributed by atoms with Gasteiger partial charge in [-0.3, -0.25) is 20.0 Å². The number of amides is 2. The van der Waals surface area contributed by atoms with Crippen molar-refractivity contribution in [2.24, 2.45) is 0 Å². The van der Waals surface area contributed by atoms with Gasteiger partial charge in [0.1, 0.15) is 17.5 Å². The summed E-state index contributed by atoms with van der Waals surface area (Å²) in [4.78, 5) is 31.2. The fourth-order valence-corrected chi connectivity index (χ4v) is 3.45. The lowest BCUT2D eigenvalue weighted by molar-refractivity contribution is -0.119. The standard InChI is InChI=1S/C20H21N5O5/c1-28-12-7-8-13(16(11-12)29-2)17-21-20(24-23-17)22-18(26)14-5-3-9-25(14)19(27)15-6-4-10-30-15/h4,6-8,10-11,14H,3,5,9H2,1-2H3,(H2,21,22,23,24,26)/t14-/m0/s1. The molecule has 3 heterocycles. The molecule has 0 unspecified atom stereocenters. The number of carbonyl (C=O) groups excluding carboxylic acids is 2. The van der Waals surface area contributed by atoms with E-state index < -0.39 is 6.04 Å². The van der Waals surface area contributed by atoms with E-state index in [9.17, 15) is 9.59 Å². The number of benzene rings is 1. The molecule has 3 aromatic rings. The highest BCUT2D eigenvalue weighted by molar-refractivity contribution is 5.99. The van der Waals surface area contributed by atoms with Gasteiger partial charge in [-0.25, -0.2) is 0 Å². The molecule has 1 aromatic carbocycles. The highest BCUT2D eigenvalue weighted by Gasteiger charge is 2.36. The predicted octanol–water partition coefficient (Wildman–Crippen LogP) is 2.33. The third-order valence-electron chi connectivity index (χ3n) is 4.93. The summed E-state index contributed by atoms with van der Waals surface area (Å²) in [5.41, 5.74) is 0.668. The van der Waals surface area contributed by atoms with Crippen LogP contribution < -0.4 is 14.8 Å². The van der Waals surface area contributed by atoms with Crippen LogP contribution in [0.2, 0.25) is 0 Å². The second kappa shape index (κ2) is 8.27. The maximum atomic E-state index is 12.8. The first kappa shape index (κ1) is 19.5. The van der Waals surface area contributed by atoms with Crippen molar-refractivity contribution in [3.05, 3.63) is 42.4 Å². The number of nitrogens with one attached hydrogen (secondary N) is 2. The first-order chi connectivity index (χ1) is 14.6. The second-order valence-electron chi connectivity index (χ2n) is 6.70. The molecule has 0 saturated carbocycles. The Balaban J connectivity index is 1.48. The van der Waals surface area contributed by atoms with Crippen molar-refractivity contribution >= 4 is 17.8 Å². The first-order valence-electron chi connectivity index (χ1n) is 9.41. The molecule has 1 atom stereocenters. The largest absolute Gasteiger partial charge is 0.497 e. The lowest BCUT2D eigenvalue weighted by Crippen LogP contribution is -2.43. The minimum absolute atomic E-state index is 0.116. The maximum Gasteiger partial charge on any atom is 0.290 e. The molecule has 1 fully saturated rings. The Morgan fingerprint density at radius 2 is 2.13 bits per heavy atom. The van der Waals surface area contributed by atoms with Crippen LogP contribution in [0.25, 0.3) is 11.4 Å². The first-order valence-corrected chi connectivity index (χ1v) is 9.41. The minimum atomic E-state index is -0.611. The molecule has 10 heteroatoms. The van der Waals surface area contributed by atoms with Gasteiger partial charge >= 0.3 is 0 Å². The summed E-state index contributed by atoms with van der Waals surface area (Å²) in [6.07, 6.45) is 2.72. The number of likely N-dealkylation sites (tertiary alicyclic amines) is 1. The molecule has 2 aromatic heterocycles. The fourth-order valence-electron chi connectivity index (χ4n) is 3.45. The molecule has 2 amide bonds. The van der Waals surface area contributed by atoms with Gasteiger partial charge in [-0.1, -0.05) is 0 Å². The number of carbonyl (C=O) groups is 2. The zero-order valence-corrected chi connectivity index (χ0v) is 16.5. The molecule has 1 aliphatic heterocycles. The van der Waals surface area contributed by atoms with Gasteiger partial charge in [0.05, 0.1) is 26.0 Å². The van der Waals surface area contributed by atoms with Crippen molar-refractivity contribution in [2.75, 3.05) is 26.1 Å². The zero-order valence-electron chi connectivity index (χ0n) is 16.5. The fraction of sp³-hybridized carbons (Fsp3) is 0.300. The lowest BCUT2D eigenvalue weighted by Gasteiger charge is -2.22. The number of ether oxygens (including phenoxy) is 2. The number of H-pyrrole nitrogens is 1. The van der Waals surface area contributed by atoms with Crippen LogP contribution >= 0.6 is 0 Å². The van der Waals surface area contributed by atoms with Crippen molar-refractivity contribution in [1.29, 1.82) is 0 Å². The summed E-state index contributed by atoms with van der Waals surface area (Å²) in [5, 5.41) is 9.54. The molecule has 0 bridgehead atoms. The predicted molar refractivity (Wildman–Crippen MR) is 106 cm³/mol. The Morgan fingerprint density at radius 3 is 2.87 bits per heavy atom. The van der Waals surface area contributed by atoms with Gasteiger partial charge in [-0.05, 0) is 37.1 Å². The molecule has 2 N–H and O–H groups in total. The van der Waals surface area contributed by atoms with Crippen LogP contribution in [0.5, 0.6) is 11.5 Å². The molecular formula is C20H21N5O5. The Bertz CT molecular complexity index is 1050. The zero-order chi connectivity index (χ0) is 21.1. The molecule has 1 saturated heterocycles. The molecule has 10 nitrogen and oxygen atoms in total. The second-order valence-corrected chi connectivity index (χ2v) is 6.70. The van der Waals surface area contributed by atoms with E-state index in [1.807, 2.05) is 0 Å². The maximum absolute atomic E-state index is 12.8. The SMILES string of the molecule is COc1ccc(-c2nc(NC(=O)[C@@H]3CCCN3C(=O)c3ccco3)n[nH]2)c(OC)c1. The smallest absolute Gasteiger partial charge is 0.290 e. The van der Waals surface area contributed by atoms with E-state index in [2.05, 4.69) is 20.5 Å². The number of furan rings is 1. The van der Waals surface area contributed by atoms with Crippen LogP contribution in [0, 0.1) is 0 Å². The number of aromatic amines is 1. The summed E-state index contributed by atoms with van der Waals surface area (Å²) in [5.74, 6) is 1.29. The van der Waals surface area contributed by atoms with Crippen molar-refractivity contribution in [3.63, 3.8) is 0 Å².